The summed E-state index contributed by atoms with van der Waals surface area (Å²) in [6.45, 7) is 18.8. The predicted molar refractivity (Wildman–Crippen MR) is 474 cm³/mol. The van der Waals surface area contributed by atoms with E-state index in [2.05, 4.69) is 86.8 Å². The van der Waals surface area contributed by atoms with E-state index in [4.69, 9.17) is 68.9 Å². The number of halogens is 5. The minimum atomic E-state index is -0.650. The van der Waals surface area contributed by atoms with Gasteiger partial charge in [-0.1, -0.05) is 101 Å². The molecule has 0 saturated carbocycles. The maximum absolute atomic E-state index is 15.4. The molecule has 3 fully saturated rings. The molecule has 0 aliphatic carbocycles. The summed E-state index contributed by atoms with van der Waals surface area (Å²) in [5.41, 5.74) is 4.91. The minimum Gasteiger partial charge on any atom is -1.00 e. The third-order valence-electron chi connectivity index (χ3n) is 19.6. The Hall–Kier alpha value is -10.6. The van der Waals surface area contributed by atoms with Crippen molar-refractivity contribution in [1.29, 1.82) is 0 Å². The molecule has 3 saturated heterocycles. The smallest absolute Gasteiger partial charge is 1.00 e. The van der Waals surface area contributed by atoms with Gasteiger partial charge >= 0.3 is 109 Å². The summed E-state index contributed by atoms with van der Waals surface area (Å²) >= 11 is 16.7. The first-order valence-corrected chi connectivity index (χ1v) is 40.9. The molecule has 0 unspecified atom stereocenters. The van der Waals surface area contributed by atoms with Gasteiger partial charge in [0, 0.05) is 111 Å². The number of amides is 3. The fraction of sp³-hybridized carbons (Fsp3) is 0.273. The van der Waals surface area contributed by atoms with Crippen LogP contribution in [0, 0.1) is 11.6 Å². The Morgan fingerprint density at radius 2 is 0.855 bits per heavy atom. The van der Waals surface area contributed by atoms with Crippen LogP contribution in [-0.2, 0) is 57.5 Å². The molecule has 0 radical (unpaired) electrons. The number of aliphatic hydroxyl groups is 2. The summed E-state index contributed by atoms with van der Waals surface area (Å²) in [6.07, 6.45) is 13.4. The summed E-state index contributed by atoms with van der Waals surface area (Å²) in [5.74, 6) is 0.646. The first kappa shape index (κ1) is 104. The number of rotatable bonds is 17. The van der Waals surface area contributed by atoms with E-state index < -0.39 is 35.3 Å². The van der Waals surface area contributed by atoms with E-state index in [9.17, 15) is 33.9 Å². The molecular formula is C88H88Cl3F2K2N21O15. The number of hydrogen-bond acceptors (Lipinski definition) is 31. The number of fused-ring (bicyclic) bond motifs is 2. The van der Waals surface area contributed by atoms with Crippen molar-refractivity contribution in [3.8, 4) is 33.6 Å². The van der Waals surface area contributed by atoms with Gasteiger partial charge in [-0.2, -0.15) is 40.0 Å². The van der Waals surface area contributed by atoms with Crippen LogP contribution >= 0.6 is 34.8 Å². The van der Waals surface area contributed by atoms with Gasteiger partial charge in [-0.05, 0) is 124 Å². The summed E-state index contributed by atoms with van der Waals surface area (Å²) in [4.78, 5) is 106. The van der Waals surface area contributed by atoms with Gasteiger partial charge in [-0.15, -0.1) is 20.4 Å². The van der Waals surface area contributed by atoms with Crippen LogP contribution in [0.25, 0.3) is 55.2 Å². The molecule has 3 amide bonds. The Balaban J connectivity index is 0.000000235. The number of anilines is 6. The van der Waals surface area contributed by atoms with E-state index in [0.717, 1.165) is 27.6 Å². The Labute approximate surface area is 850 Å². The number of carbonyl (C=O) groups is 5. The van der Waals surface area contributed by atoms with Gasteiger partial charge in [-0.3, -0.25) is 33.6 Å². The van der Waals surface area contributed by atoms with E-state index in [-0.39, 0.29) is 157 Å². The molecule has 12 heterocycles. The number of pyridine rings is 3. The summed E-state index contributed by atoms with van der Waals surface area (Å²) in [5, 5.41) is 76.9. The molecule has 36 nitrogen and oxygen atoms in total. The van der Waals surface area contributed by atoms with Gasteiger partial charge in [-0.25, -0.2) is 23.7 Å². The molecule has 5 N–H and O–H groups in total. The van der Waals surface area contributed by atoms with Crippen LogP contribution in [0.5, 0.6) is 0 Å². The Morgan fingerprint density at radius 1 is 0.496 bits per heavy atom. The largest absolute Gasteiger partial charge is 1.00 e. The van der Waals surface area contributed by atoms with Crippen molar-refractivity contribution in [2.75, 3.05) is 102 Å². The predicted octanol–water partition coefficient (Wildman–Crippen LogP) is 5.02. The zero-order valence-corrected chi connectivity index (χ0v) is 81.4. The van der Waals surface area contributed by atoms with E-state index >= 15 is 8.78 Å². The second-order valence-electron chi connectivity index (χ2n) is 30.3. The second-order valence-corrected chi connectivity index (χ2v) is 31.6. The van der Waals surface area contributed by atoms with Crippen LogP contribution in [0.1, 0.15) is 103 Å². The van der Waals surface area contributed by atoms with Crippen molar-refractivity contribution in [2.24, 2.45) is 0 Å². The van der Waals surface area contributed by atoms with Crippen molar-refractivity contribution in [1.82, 2.24) is 90.0 Å². The summed E-state index contributed by atoms with van der Waals surface area (Å²) < 4.78 is 54.2. The van der Waals surface area contributed by atoms with Gasteiger partial charge in [0.25, 0.3) is 35.3 Å². The fourth-order valence-electron chi connectivity index (χ4n) is 13.2. The number of ether oxygens (including phenoxy) is 4. The number of hydrogen-bond donors (Lipinski definition) is 5. The molecule has 4 aromatic carbocycles. The van der Waals surface area contributed by atoms with Crippen LogP contribution in [0.3, 0.4) is 0 Å². The van der Waals surface area contributed by atoms with Gasteiger partial charge in [0.15, 0.2) is 22.6 Å². The monoisotopic (exact) mass is 1900 g/mol. The molecule has 672 valence electrons. The molecule has 3 aliphatic rings. The van der Waals surface area contributed by atoms with Crippen LogP contribution in [0.15, 0.2) is 187 Å². The van der Waals surface area contributed by atoms with Gasteiger partial charge in [0.05, 0.1) is 132 Å². The molecule has 3 aliphatic heterocycles. The normalized spacial score (nSPS) is 12.8. The van der Waals surface area contributed by atoms with E-state index in [0.29, 0.717) is 201 Å². The van der Waals surface area contributed by atoms with Crippen LogP contribution in [0.2, 0.25) is 15.2 Å². The third kappa shape index (κ3) is 28.3. The average molecular weight is 1900 g/mol. The third-order valence-corrected chi connectivity index (χ3v) is 20.2. The number of nitrogens with one attached hydrogen (secondary N) is 3. The zero-order chi connectivity index (χ0) is 92.5. The summed E-state index contributed by atoms with van der Waals surface area (Å²) in [6, 6.07) is 33.4. The van der Waals surface area contributed by atoms with Crippen LogP contribution in [-0.4, -0.2) is 216 Å². The van der Waals surface area contributed by atoms with Crippen molar-refractivity contribution < 1.29 is 176 Å². The van der Waals surface area contributed by atoms with E-state index in [1.54, 1.807) is 118 Å². The minimum absolute atomic E-state index is 0. The molecule has 131 heavy (non-hydrogen) atoms. The molecule has 43 heteroatoms. The standard InChI is InChI=1S/C35H34FN7O5.C33H32FN7O4.C14H14ClN5O2.C4H2Cl2N2.CH2O3.CH4O.2K.H/c1-21(44)48-20-27-26(6-5-7-29(27)43-34(46)32-24(19-39-43)14-25(16-28(32)36)35(2,3)4)23-15-31(41-38-18-23)40-30-9-8-22(17-37-30)33(45)42-10-12-47-13-11-42;1-33(2,3)23-13-22-18-37-41(32(44)30(22)26(34)15-23)27-6-4-5-24(25(27)19-42)21-14-29(39-36-17-21)38-28-8-7-20(16-35-28)31(43)40-9-11-45-12-10-40;15-11-7-13(19-17-9-11)18-12-2-1-10(8-16-12)14(21)20-3-5-22-6-4-20;5-3-1-4(6)8-7-2-3;2-1-4-3;1-2;;;/h5-9,14-19H,10-13,20H2,1-4H3,(H,37,40,41);4-8,13-18,42H,9-12,19H2,1-3H3,(H,35,38,39);1-2,7-9H,3-6H2,(H,16,18,19);1-2H;1,3H;2H,1H3;;;/q;;;;;;2*+1;-1/p-1. The molecular weight excluding hydrogens is 1810 g/mol. The fourth-order valence-corrected chi connectivity index (χ4v) is 13.7. The van der Waals surface area contributed by atoms with Crippen molar-refractivity contribution >= 4 is 121 Å². The topological polar surface area (TPSA) is 452 Å². The molecule has 0 atom stereocenters. The molecule has 9 aromatic heterocycles. The van der Waals surface area contributed by atoms with Crippen molar-refractivity contribution in [3.63, 3.8) is 0 Å². The zero-order valence-electron chi connectivity index (χ0n) is 73.9. The number of aromatic nitrogens is 15. The molecule has 0 spiro atoms. The van der Waals surface area contributed by atoms with Gasteiger partial charge in [0.1, 0.15) is 35.7 Å². The maximum atomic E-state index is 15.4. The van der Waals surface area contributed by atoms with Crippen molar-refractivity contribution in [2.45, 2.75) is 72.5 Å². The number of nitrogens with zero attached hydrogens (tertiary/aromatic N) is 18. The summed E-state index contributed by atoms with van der Waals surface area (Å²) in [7, 11) is 1.00. The number of esters is 1. The molecule has 13 aromatic rings. The number of carbonyl (C=O) groups excluding carboxylic acids is 5. The van der Waals surface area contributed by atoms with Gasteiger partial charge in [0.2, 0.25) is 0 Å². The Kier molecular flexibility index (Phi) is 39.6. The maximum Gasteiger partial charge on any atom is 1.00 e. The Morgan fingerprint density at radius 3 is 1.18 bits per heavy atom. The number of morpholine rings is 3. The van der Waals surface area contributed by atoms with Crippen LogP contribution in [0.4, 0.5) is 43.7 Å². The average Bonchev–Trinajstić information content (AvgIpc) is 0.759. The van der Waals surface area contributed by atoms with Gasteiger partial charge < -0.3 is 71.4 Å². The first-order chi connectivity index (χ1) is 62.0. The molecule has 16 rings (SSSR count). The first-order valence-electron chi connectivity index (χ1n) is 39.7. The van der Waals surface area contributed by atoms with E-state index in [1.165, 1.54) is 80.9 Å². The van der Waals surface area contributed by atoms with Crippen molar-refractivity contribution in [3.05, 3.63) is 264 Å². The van der Waals surface area contributed by atoms with Crippen LogP contribution < -0.4 is 135 Å². The van der Waals surface area contributed by atoms with E-state index in [1.807, 2.05) is 41.5 Å². The second kappa shape index (κ2) is 49.8. The molecule has 0 bridgehead atoms. The number of aliphatic hydroxyl groups excluding tert-OH is 2. The number of benzene rings is 4. The SMILES string of the molecule is CC(=O)OCc1c(-c2cnnc(Nc3ccc(C(=O)N4CCOCC4)cn3)c2)cccc1-n1ncc2cc(C(C)(C)C)cc(F)c2c1=O.CC(C)(C)c1cc(F)c2c(=O)n(-c3cccc(-c4cnnc(Nc5ccc(C(=O)N6CCOCC6)cn5)c4)c3CO)ncc2c1.CO.Clc1cnnc(Cl)c1.O=C(c1ccc(Nc2cc(Cl)cnn2)nc1)N1CCOCC1.O=CO[O-].[H-].[K+].[K+]. The Bertz CT molecular complexity index is 6250. The quantitative estimate of drug-likeness (QED) is 0.0262.